The Morgan fingerprint density at radius 1 is 1.14 bits per heavy atom. The molecule has 4 nitrogen and oxygen atoms in total. The molecule has 0 aliphatic heterocycles. The molecular weight excluding hydrogens is 180 g/mol. The van der Waals surface area contributed by atoms with E-state index in [1.807, 2.05) is 6.92 Å². The molecule has 0 saturated carbocycles. The SMILES string of the molecule is Cc1ccc(=O)n2ccn(C)c(=O)c12. The lowest BCUT2D eigenvalue weighted by atomic mass is 10.2. The highest BCUT2D eigenvalue weighted by molar-refractivity contribution is 5.51. The van der Waals surface area contributed by atoms with E-state index in [0.717, 1.165) is 5.56 Å². The number of hydrogen-bond acceptors (Lipinski definition) is 2. The molecule has 2 heterocycles. The Kier molecular flexibility index (Phi) is 1.77. The van der Waals surface area contributed by atoms with Crippen LogP contribution in [0.4, 0.5) is 0 Å². The van der Waals surface area contributed by atoms with Crippen molar-refractivity contribution in [2.24, 2.45) is 7.05 Å². The van der Waals surface area contributed by atoms with Crippen LogP contribution in [-0.2, 0) is 7.05 Å². The van der Waals surface area contributed by atoms with Crippen LogP contribution in [0, 0.1) is 6.92 Å². The largest absolute Gasteiger partial charge is 0.315 e. The molecule has 4 heteroatoms. The highest BCUT2D eigenvalue weighted by Crippen LogP contribution is 2.00. The van der Waals surface area contributed by atoms with Crippen molar-refractivity contribution in [1.82, 2.24) is 8.97 Å². The minimum atomic E-state index is -0.177. The molecule has 2 rings (SSSR count). The summed E-state index contributed by atoms with van der Waals surface area (Å²) in [7, 11) is 1.67. The maximum absolute atomic E-state index is 11.7. The maximum atomic E-state index is 11.7. The molecule has 0 aliphatic rings. The Labute approximate surface area is 80.0 Å². The number of aryl methyl sites for hydroxylation is 2. The van der Waals surface area contributed by atoms with Crippen LogP contribution in [0.1, 0.15) is 5.56 Å². The zero-order chi connectivity index (χ0) is 10.3. The van der Waals surface area contributed by atoms with Crippen LogP contribution in [0.5, 0.6) is 0 Å². The van der Waals surface area contributed by atoms with Crippen LogP contribution in [0.3, 0.4) is 0 Å². The fraction of sp³-hybridized carbons (Fsp3) is 0.200. The Bertz CT molecular complexity index is 608. The molecule has 0 saturated heterocycles. The van der Waals surface area contributed by atoms with Crippen molar-refractivity contribution in [2.45, 2.75) is 6.92 Å². The van der Waals surface area contributed by atoms with Gasteiger partial charge in [0.2, 0.25) is 0 Å². The molecule has 0 radical (unpaired) electrons. The summed E-state index contributed by atoms with van der Waals surface area (Å²) < 4.78 is 2.83. The molecule has 72 valence electrons. The summed E-state index contributed by atoms with van der Waals surface area (Å²) in [6.45, 7) is 1.82. The van der Waals surface area contributed by atoms with E-state index >= 15 is 0 Å². The van der Waals surface area contributed by atoms with Gasteiger partial charge >= 0.3 is 0 Å². The smallest absolute Gasteiger partial charge is 0.274 e. The van der Waals surface area contributed by atoms with E-state index in [1.54, 1.807) is 25.5 Å². The maximum Gasteiger partial charge on any atom is 0.274 e. The summed E-state index contributed by atoms with van der Waals surface area (Å²) in [6, 6.07) is 3.13. The van der Waals surface area contributed by atoms with Gasteiger partial charge in [-0.25, -0.2) is 0 Å². The second-order valence-electron chi connectivity index (χ2n) is 3.29. The monoisotopic (exact) mass is 190 g/mol. The first-order chi connectivity index (χ1) is 6.61. The van der Waals surface area contributed by atoms with Crippen LogP contribution in [0.15, 0.2) is 34.1 Å². The molecule has 0 amide bonds. The predicted octanol–water partition coefficient (Wildman–Crippen LogP) is 0.307. The quantitative estimate of drug-likeness (QED) is 0.600. The number of aromatic nitrogens is 2. The van der Waals surface area contributed by atoms with Gasteiger partial charge in [0.1, 0.15) is 5.52 Å². The third-order valence-corrected chi connectivity index (χ3v) is 2.29. The summed E-state index contributed by atoms with van der Waals surface area (Å²) in [6.07, 6.45) is 3.18. The van der Waals surface area contributed by atoms with Crippen LogP contribution < -0.4 is 11.1 Å². The number of pyridine rings is 1. The van der Waals surface area contributed by atoms with Gasteiger partial charge in [-0.3, -0.25) is 14.0 Å². The highest BCUT2D eigenvalue weighted by atomic mass is 16.1. The van der Waals surface area contributed by atoms with Gasteiger partial charge in [0.15, 0.2) is 0 Å². The van der Waals surface area contributed by atoms with E-state index in [-0.39, 0.29) is 11.1 Å². The molecular formula is C10H10N2O2. The van der Waals surface area contributed by atoms with E-state index in [1.165, 1.54) is 15.0 Å². The number of fused-ring (bicyclic) bond motifs is 1. The summed E-state index contributed by atoms with van der Waals surface area (Å²) in [4.78, 5) is 23.1. The van der Waals surface area contributed by atoms with Crippen LogP contribution in [0.2, 0.25) is 0 Å². The lowest BCUT2D eigenvalue weighted by molar-refractivity contribution is 0.835. The van der Waals surface area contributed by atoms with E-state index in [0.29, 0.717) is 5.52 Å². The van der Waals surface area contributed by atoms with Gasteiger partial charge < -0.3 is 4.57 Å². The topological polar surface area (TPSA) is 43.5 Å². The minimum Gasteiger partial charge on any atom is -0.315 e. The van der Waals surface area contributed by atoms with Gasteiger partial charge in [-0.05, 0) is 12.5 Å². The van der Waals surface area contributed by atoms with Crippen molar-refractivity contribution in [2.75, 3.05) is 0 Å². The van der Waals surface area contributed by atoms with Crippen molar-refractivity contribution in [3.8, 4) is 0 Å². The molecule has 0 aromatic carbocycles. The van der Waals surface area contributed by atoms with Crippen LogP contribution in [-0.4, -0.2) is 8.97 Å². The van der Waals surface area contributed by atoms with E-state index < -0.39 is 0 Å². The normalized spacial score (nSPS) is 10.7. The van der Waals surface area contributed by atoms with Crippen molar-refractivity contribution < 1.29 is 0 Å². The number of nitrogens with zero attached hydrogens (tertiary/aromatic N) is 2. The molecule has 0 N–H and O–H groups in total. The number of hydrogen-bond donors (Lipinski definition) is 0. The summed E-state index contributed by atoms with van der Waals surface area (Å²) in [5.74, 6) is 0. The molecule has 0 unspecified atom stereocenters. The summed E-state index contributed by atoms with van der Waals surface area (Å²) >= 11 is 0. The van der Waals surface area contributed by atoms with E-state index in [9.17, 15) is 9.59 Å². The van der Waals surface area contributed by atoms with Gasteiger partial charge in [0.05, 0.1) is 0 Å². The van der Waals surface area contributed by atoms with Gasteiger partial charge in [-0.1, -0.05) is 6.07 Å². The van der Waals surface area contributed by atoms with Crippen molar-refractivity contribution in [3.63, 3.8) is 0 Å². The third kappa shape index (κ3) is 1.08. The third-order valence-electron chi connectivity index (χ3n) is 2.29. The predicted molar refractivity (Wildman–Crippen MR) is 53.6 cm³/mol. The Hall–Kier alpha value is -1.84. The van der Waals surface area contributed by atoms with Crippen molar-refractivity contribution >= 4 is 5.52 Å². The molecule has 0 spiro atoms. The van der Waals surface area contributed by atoms with Crippen LogP contribution >= 0.6 is 0 Å². The first-order valence-corrected chi connectivity index (χ1v) is 4.29. The molecule has 0 aliphatic carbocycles. The molecule has 14 heavy (non-hydrogen) atoms. The average molecular weight is 190 g/mol. The molecule has 2 aromatic heterocycles. The van der Waals surface area contributed by atoms with Gasteiger partial charge in [0.25, 0.3) is 11.1 Å². The minimum absolute atomic E-state index is 0.150. The second-order valence-corrected chi connectivity index (χ2v) is 3.29. The zero-order valence-corrected chi connectivity index (χ0v) is 8.02. The first-order valence-electron chi connectivity index (χ1n) is 4.29. The fourth-order valence-corrected chi connectivity index (χ4v) is 1.48. The molecule has 2 aromatic rings. The fourth-order valence-electron chi connectivity index (χ4n) is 1.48. The molecule has 0 bridgehead atoms. The summed E-state index contributed by atoms with van der Waals surface area (Å²) in [5, 5.41) is 0. The van der Waals surface area contributed by atoms with E-state index in [4.69, 9.17) is 0 Å². The lowest BCUT2D eigenvalue weighted by Crippen LogP contribution is -2.25. The second kappa shape index (κ2) is 2.83. The highest BCUT2D eigenvalue weighted by Gasteiger charge is 2.04. The Morgan fingerprint density at radius 3 is 2.57 bits per heavy atom. The van der Waals surface area contributed by atoms with Gasteiger partial charge in [-0.2, -0.15) is 0 Å². The summed E-state index contributed by atoms with van der Waals surface area (Å²) in [5.41, 5.74) is 0.930. The Balaban J connectivity index is 3.17. The first kappa shape index (κ1) is 8.74. The average Bonchev–Trinajstić information content (AvgIpc) is 2.16. The number of rotatable bonds is 0. The van der Waals surface area contributed by atoms with Crippen molar-refractivity contribution in [1.29, 1.82) is 0 Å². The molecule has 0 fully saturated rings. The standard InChI is InChI=1S/C10H10N2O2/c1-7-3-4-8(13)12-6-5-11(2)10(14)9(7)12/h3-6H,1-2H3. The Morgan fingerprint density at radius 2 is 1.86 bits per heavy atom. The molecule has 0 atom stereocenters. The van der Waals surface area contributed by atoms with E-state index in [2.05, 4.69) is 0 Å². The van der Waals surface area contributed by atoms with Crippen molar-refractivity contribution in [3.05, 3.63) is 50.8 Å². The van der Waals surface area contributed by atoms with Crippen LogP contribution in [0.25, 0.3) is 5.52 Å². The lowest BCUT2D eigenvalue weighted by Gasteiger charge is -2.04. The van der Waals surface area contributed by atoms with Gasteiger partial charge in [0, 0.05) is 25.5 Å². The zero-order valence-electron chi connectivity index (χ0n) is 8.02. The van der Waals surface area contributed by atoms with Gasteiger partial charge in [-0.15, -0.1) is 0 Å².